The lowest BCUT2D eigenvalue weighted by atomic mass is 10.3. The van der Waals surface area contributed by atoms with E-state index >= 15 is 0 Å². The molecule has 1 rings (SSSR count). The van der Waals surface area contributed by atoms with Crippen LogP contribution in [-0.4, -0.2) is 18.6 Å². The Balaban J connectivity index is 2.65. The van der Waals surface area contributed by atoms with Crippen molar-refractivity contribution < 1.29 is 4.74 Å². The molecule has 0 aliphatic heterocycles. The average molecular weight is 218 g/mol. The maximum Gasteiger partial charge on any atom is 0.142 e. The third-order valence-corrected chi connectivity index (χ3v) is 2.08. The fourth-order valence-electron chi connectivity index (χ4n) is 1.36. The molecule has 0 fully saturated rings. The summed E-state index contributed by atoms with van der Waals surface area (Å²) in [5.41, 5.74) is 1.96. The van der Waals surface area contributed by atoms with Gasteiger partial charge in [0.2, 0.25) is 0 Å². The lowest BCUT2D eigenvalue weighted by Crippen LogP contribution is -2.10. The molecule has 0 amide bonds. The van der Waals surface area contributed by atoms with Crippen molar-refractivity contribution in [2.45, 2.75) is 26.8 Å². The van der Waals surface area contributed by atoms with Crippen molar-refractivity contribution in [1.29, 1.82) is 0 Å². The summed E-state index contributed by atoms with van der Waals surface area (Å²) < 4.78 is 5.64. The minimum absolute atomic E-state index is 0.613. The van der Waals surface area contributed by atoms with Crippen LogP contribution in [0.4, 0.5) is 0 Å². The van der Waals surface area contributed by atoms with E-state index in [1.165, 1.54) is 0 Å². The summed E-state index contributed by atoms with van der Waals surface area (Å²) in [6, 6.07) is 3.92. The van der Waals surface area contributed by atoms with Crippen molar-refractivity contribution in [3.8, 4) is 17.6 Å². The van der Waals surface area contributed by atoms with Gasteiger partial charge in [0.1, 0.15) is 5.75 Å². The molecule has 0 radical (unpaired) electrons. The Morgan fingerprint density at radius 2 is 2.25 bits per heavy atom. The van der Waals surface area contributed by atoms with Crippen molar-refractivity contribution in [1.82, 2.24) is 10.3 Å². The molecule has 0 aliphatic rings. The summed E-state index contributed by atoms with van der Waals surface area (Å²) in [6.45, 7) is 5.14. The van der Waals surface area contributed by atoms with Crippen LogP contribution in [0.1, 0.15) is 24.7 Å². The van der Waals surface area contributed by atoms with E-state index in [2.05, 4.69) is 22.1 Å². The van der Waals surface area contributed by atoms with Crippen molar-refractivity contribution in [3.63, 3.8) is 0 Å². The van der Waals surface area contributed by atoms with Crippen molar-refractivity contribution in [2.75, 3.05) is 13.7 Å². The molecule has 1 heterocycles. The molecule has 0 aromatic carbocycles. The van der Waals surface area contributed by atoms with E-state index in [9.17, 15) is 0 Å². The third kappa shape index (κ3) is 3.92. The largest absolute Gasteiger partial charge is 0.491 e. The molecule has 86 valence electrons. The van der Waals surface area contributed by atoms with Crippen LogP contribution in [0.2, 0.25) is 0 Å². The lowest BCUT2D eigenvalue weighted by Gasteiger charge is -2.10. The highest BCUT2D eigenvalue weighted by atomic mass is 16.5. The monoisotopic (exact) mass is 218 g/mol. The molecule has 0 bridgehead atoms. The molecule has 16 heavy (non-hydrogen) atoms. The molecule has 1 N–H and O–H groups in total. The second kappa shape index (κ2) is 6.86. The SMILES string of the molecule is CC#CCCOc1ccc(C)nc1CNC. The Morgan fingerprint density at radius 3 is 2.94 bits per heavy atom. The number of hydrogen-bond acceptors (Lipinski definition) is 3. The van der Waals surface area contributed by atoms with Gasteiger partial charge in [-0.25, -0.2) is 0 Å². The van der Waals surface area contributed by atoms with Gasteiger partial charge in [-0.15, -0.1) is 11.8 Å². The number of pyridine rings is 1. The summed E-state index contributed by atoms with van der Waals surface area (Å²) in [6.07, 6.45) is 0.753. The molecule has 0 spiro atoms. The van der Waals surface area contributed by atoms with Gasteiger partial charge in [0.15, 0.2) is 0 Å². The highest BCUT2D eigenvalue weighted by molar-refractivity contribution is 5.29. The first-order valence-electron chi connectivity index (χ1n) is 5.41. The minimum Gasteiger partial charge on any atom is -0.491 e. The number of aromatic nitrogens is 1. The lowest BCUT2D eigenvalue weighted by molar-refractivity contribution is 0.321. The molecule has 3 heteroatoms. The molecule has 0 aliphatic carbocycles. The van der Waals surface area contributed by atoms with E-state index in [-0.39, 0.29) is 0 Å². The van der Waals surface area contributed by atoms with Crippen LogP contribution in [0.3, 0.4) is 0 Å². The minimum atomic E-state index is 0.613. The van der Waals surface area contributed by atoms with Crippen molar-refractivity contribution in [2.24, 2.45) is 0 Å². The number of rotatable bonds is 5. The van der Waals surface area contributed by atoms with Gasteiger partial charge in [0.05, 0.1) is 12.3 Å². The van der Waals surface area contributed by atoms with Gasteiger partial charge >= 0.3 is 0 Å². The number of nitrogens with one attached hydrogen (secondary N) is 1. The predicted octanol–water partition coefficient (Wildman–Crippen LogP) is 1.90. The second-order valence-electron chi connectivity index (χ2n) is 3.45. The first kappa shape index (κ1) is 12.5. The smallest absolute Gasteiger partial charge is 0.142 e. The van der Waals surface area contributed by atoms with E-state index < -0.39 is 0 Å². The molecule has 1 aromatic heterocycles. The van der Waals surface area contributed by atoms with Crippen LogP contribution in [0.25, 0.3) is 0 Å². The first-order chi connectivity index (χ1) is 7.77. The maximum absolute atomic E-state index is 5.64. The highest BCUT2D eigenvalue weighted by Crippen LogP contribution is 2.16. The number of ether oxygens (including phenoxy) is 1. The normalized spacial score (nSPS) is 9.44. The van der Waals surface area contributed by atoms with Gasteiger partial charge in [0.25, 0.3) is 0 Å². The van der Waals surface area contributed by atoms with Crippen molar-refractivity contribution >= 4 is 0 Å². The summed E-state index contributed by atoms with van der Waals surface area (Å²) in [4.78, 5) is 4.44. The van der Waals surface area contributed by atoms with Crippen LogP contribution in [-0.2, 0) is 6.54 Å². The van der Waals surface area contributed by atoms with Crippen LogP contribution < -0.4 is 10.1 Å². The Bertz CT molecular complexity index is 391. The Kier molecular flexibility index (Phi) is 5.38. The molecule has 0 atom stereocenters. The fraction of sp³-hybridized carbons (Fsp3) is 0.462. The molecular formula is C13H18N2O. The van der Waals surface area contributed by atoms with Crippen LogP contribution in [0.5, 0.6) is 5.75 Å². The van der Waals surface area contributed by atoms with E-state index in [4.69, 9.17) is 4.74 Å². The summed E-state index contributed by atoms with van der Waals surface area (Å²) in [7, 11) is 1.90. The zero-order chi connectivity index (χ0) is 11.8. The Morgan fingerprint density at radius 1 is 1.44 bits per heavy atom. The van der Waals surface area contributed by atoms with Crippen molar-refractivity contribution in [3.05, 3.63) is 23.5 Å². The van der Waals surface area contributed by atoms with Gasteiger partial charge in [-0.3, -0.25) is 4.98 Å². The van der Waals surface area contributed by atoms with Gasteiger partial charge in [-0.05, 0) is 33.0 Å². The standard InChI is InChI=1S/C13H18N2O/c1-4-5-6-9-16-13-8-7-11(2)15-12(13)10-14-3/h7-8,14H,6,9-10H2,1-3H3. The van der Waals surface area contributed by atoms with E-state index in [0.717, 1.165) is 30.1 Å². The highest BCUT2D eigenvalue weighted by Gasteiger charge is 2.04. The topological polar surface area (TPSA) is 34.1 Å². The van der Waals surface area contributed by atoms with Crippen LogP contribution >= 0.6 is 0 Å². The molecule has 0 saturated heterocycles. The number of aryl methyl sites for hydroxylation is 1. The van der Waals surface area contributed by atoms with Crippen LogP contribution in [0, 0.1) is 18.8 Å². The zero-order valence-electron chi connectivity index (χ0n) is 10.1. The van der Waals surface area contributed by atoms with E-state index in [0.29, 0.717) is 6.61 Å². The summed E-state index contributed by atoms with van der Waals surface area (Å²) in [5, 5.41) is 3.08. The van der Waals surface area contributed by atoms with Gasteiger partial charge in [0, 0.05) is 18.7 Å². The van der Waals surface area contributed by atoms with E-state index in [1.54, 1.807) is 0 Å². The quantitative estimate of drug-likeness (QED) is 0.605. The molecule has 0 saturated carbocycles. The number of nitrogens with zero attached hydrogens (tertiary/aromatic N) is 1. The molecule has 1 aromatic rings. The predicted molar refractivity (Wildman–Crippen MR) is 65.3 cm³/mol. The second-order valence-corrected chi connectivity index (χ2v) is 3.45. The van der Waals surface area contributed by atoms with Gasteiger partial charge in [-0.2, -0.15) is 0 Å². The third-order valence-electron chi connectivity index (χ3n) is 2.08. The molecular weight excluding hydrogens is 200 g/mol. The Hall–Kier alpha value is -1.53. The molecule has 3 nitrogen and oxygen atoms in total. The van der Waals surface area contributed by atoms with E-state index in [1.807, 2.05) is 33.0 Å². The van der Waals surface area contributed by atoms with Gasteiger partial charge < -0.3 is 10.1 Å². The first-order valence-corrected chi connectivity index (χ1v) is 5.41. The fourth-order valence-corrected chi connectivity index (χ4v) is 1.36. The zero-order valence-corrected chi connectivity index (χ0v) is 10.1. The van der Waals surface area contributed by atoms with Crippen LogP contribution in [0.15, 0.2) is 12.1 Å². The maximum atomic E-state index is 5.64. The molecule has 0 unspecified atom stereocenters. The summed E-state index contributed by atoms with van der Waals surface area (Å²) in [5.74, 6) is 6.66. The average Bonchev–Trinajstić information content (AvgIpc) is 2.27. The summed E-state index contributed by atoms with van der Waals surface area (Å²) >= 11 is 0. The Labute approximate surface area is 97.2 Å². The number of hydrogen-bond donors (Lipinski definition) is 1. The van der Waals surface area contributed by atoms with Gasteiger partial charge in [-0.1, -0.05) is 0 Å².